The number of amides is 1. The lowest BCUT2D eigenvalue weighted by Gasteiger charge is -2.35. The van der Waals surface area contributed by atoms with E-state index in [1.54, 1.807) is 18.2 Å². The molecule has 0 saturated carbocycles. The number of rotatable bonds is 6. The quantitative estimate of drug-likeness (QED) is 0.543. The van der Waals surface area contributed by atoms with Gasteiger partial charge in [-0.05, 0) is 55.5 Å². The molecule has 1 amide bonds. The number of nitrogens with zero attached hydrogens (tertiary/aromatic N) is 2. The van der Waals surface area contributed by atoms with Crippen molar-refractivity contribution in [2.75, 3.05) is 43.5 Å². The second-order valence-electron chi connectivity index (χ2n) is 8.05. The number of benzene rings is 3. The van der Waals surface area contributed by atoms with E-state index in [1.165, 1.54) is 23.5 Å². The number of sulfonamides is 1. The SMILES string of the molecule is COc1ccc(S(=O)(=O)N2CCN(c3cccc(Cl)c3)CC2)cc1NC(=O)c1ccc(C)cc1. The molecule has 0 bridgehead atoms. The molecule has 3 aromatic rings. The summed E-state index contributed by atoms with van der Waals surface area (Å²) in [6, 6.07) is 19.2. The summed E-state index contributed by atoms with van der Waals surface area (Å²) in [4.78, 5) is 14.9. The third kappa shape index (κ3) is 5.19. The number of carbonyl (C=O) groups excluding carboxylic acids is 1. The van der Waals surface area contributed by atoms with Crippen molar-refractivity contribution in [2.45, 2.75) is 11.8 Å². The molecule has 1 saturated heterocycles. The fraction of sp³-hybridized carbons (Fsp3) is 0.240. The second kappa shape index (κ2) is 10.0. The van der Waals surface area contributed by atoms with Crippen LogP contribution in [0.4, 0.5) is 11.4 Å². The van der Waals surface area contributed by atoms with Crippen molar-refractivity contribution in [1.29, 1.82) is 0 Å². The molecular weight excluding hydrogens is 474 g/mol. The lowest BCUT2D eigenvalue weighted by Crippen LogP contribution is -2.48. The van der Waals surface area contributed by atoms with Gasteiger partial charge in [-0.2, -0.15) is 4.31 Å². The molecule has 34 heavy (non-hydrogen) atoms. The first-order valence-corrected chi connectivity index (χ1v) is 12.7. The maximum atomic E-state index is 13.4. The van der Waals surface area contributed by atoms with Crippen LogP contribution >= 0.6 is 11.6 Å². The average Bonchev–Trinajstić information content (AvgIpc) is 2.84. The zero-order valence-electron chi connectivity index (χ0n) is 19.0. The highest BCUT2D eigenvalue weighted by molar-refractivity contribution is 7.89. The number of carbonyl (C=O) groups is 1. The molecule has 7 nitrogen and oxygen atoms in total. The molecule has 0 spiro atoms. The first-order valence-electron chi connectivity index (χ1n) is 10.8. The number of hydrogen-bond donors (Lipinski definition) is 1. The molecule has 0 unspecified atom stereocenters. The normalized spacial score (nSPS) is 14.6. The lowest BCUT2D eigenvalue weighted by atomic mass is 10.1. The first kappa shape index (κ1) is 24.1. The van der Waals surface area contributed by atoms with Gasteiger partial charge in [-0.3, -0.25) is 4.79 Å². The Kier molecular flexibility index (Phi) is 7.11. The summed E-state index contributed by atoms with van der Waals surface area (Å²) in [5.74, 6) is 0.0353. The number of piperazine rings is 1. The van der Waals surface area contributed by atoms with Crippen molar-refractivity contribution in [3.8, 4) is 5.75 Å². The van der Waals surface area contributed by atoms with E-state index >= 15 is 0 Å². The molecule has 178 valence electrons. The molecule has 4 rings (SSSR count). The van der Waals surface area contributed by atoms with Crippen LogP contribution in [0.3, 0.4) is 0 Å². The van der Waals surface area contributed by atoms with E-state index < -0.39 is 10.0 Å². The van der Waals surface area contributed by atoms with Crippen LogP contribution in [0.15, 0.2) is 71.6 Å². The molecule has 1 N–H and O–H groups in total. The third-order valence-corrected chi connectivity index (χ3v) is 7.91. The Labute approximate surface area is 205 Å². The first-order chi connectivity index (χ1) is 16.3. The van der Waals surface area contributed by atoms with E-state index in [0.29, 0.717) is 48.2 Å². The van der Waals surface area contributed by atoms with Gasteiger partial charge in [0.1, 0.15) is 5.75 Å². The number of aryl methyl sites for hydroxylation is 1. The zero-order valence-corrected chi connectivity index (χ0v) is 20.6. The van der Waals surface area contributed by atoms with E-state index in [-0.39, 0.29) is 10.8 Å². The summed E-state index contributed by atoms with van der Waals surface area (Å²) >= 11 is 6.09. The van der Waals surface area contributed by atoms with Crippen molar-refractivity contribution in [2.24, 2.45) is 0 Å². The maximum Gasteiger partial charge on any atom is 0.255 e. The van der Waals surface area contributed by atoms with Gasteiger partial charge in [0.05, 0.1) is 17.7 Å². The predicted molar refractivity (Wildman–Crippen MR) is 135 cm³/mol. The molecule has 1 heterocycles. The summed E-state index contributed by atoms with van der Waals surface area (Å²) in [5, 5.41) is 3.42. The predicted octanol–water partition coefficient (Wildman–Crippen LogP) is 4.42. The molecule has 3 aromatic carbocycles. The van der Waals surface area contributed by atoms with Gasteiger partial charge in [-0.25, -0.2) is 8.42 Å². The Morgan fingerprint density at radius 3 is 2.32 bits per heavy atom. The van der Waals surface area contributed by atoms with Crippen LogP contribution in [-0.2, 0) is 10.0 Å². The van der Waals surface area contributed by atoms with Crippen LogP contribution in [0.2, 0.25) is 5.02 Å². The van der Waals surface area contributed by atoms with Crippen molar-refractivity contribution in [1.82, 2.24) is 4.31 Å². The van der Waals surface area contributed by atoms with Crippen LogP contribution in [0.1, 0.15) is 15.9 Å². The van der Waals surface area contributed by atoms with Crippen LogP contribution in [0.25, 0.3) is 0 Å². The molecule has 1 aliphatic heterocycles. The standard InChI is InChI=1S/C25H26ClN3O4S/c1-18-6-8-19(9-7-18)25(30)27-23-17-22(10-11-24(23)33-2)34(31,32)29-14-12-28(13-15-29)21-5-3-4-20(26)16-21/h3-11,16-17H,12-15H2,1-2H3,(H,27,30). The minimum atomic E-state index is -3.76. The summed E-state index contributed by atoms with van der Waals surface area (Å²) in [6.45, 7) is 3.71. The maximum absolute atomic E-state index is 13.4. The summed E-state index contributed by atoms with van der Waals surface area (Å²) < 4.78 is 33.5. The van der Waals surface area contributed by atoms with Gasteiger partial charge in [-0.15, -0.1) is 0 Å². The molecule has 1 fully saturated rings. The molecule has 9 heteroatoms. The average molecular weight is 500 g/mol. The van der Waals surface area contributed by atoms with E-state index in [2.05, 4.69) is 10.2 Å². The second-order valence-corrected chi connectivity index (χ2v) is 10.4. The van der Waals surface area contributed by atoms with E-state index in [9.17, 15) is 13.2 Å². The Morgan fingerprint density at radius 2 is 1.68 bits per heavy atom. The zero-order chi connectivity index (χ0) is 24.3. The number of ether oxygens (including phenoxy) is 1. The Morgan fingerprint density at radius 1 is 0.971 bits per heavy atom. The number of methoxy groups -OCH3 is 1. The fourth-order valence-corrected chi connectivity index (χ4v) is 5.49. The Balaban J connectivity index is 1.52. The van der Waals surface area contributed by atoms with Crippen molar-refractivity contribution >= 4 is 38.9 Å². The van der Waals surface area contributed by atoms with Crippen LogP contribution in [0.5, 0.6) is 5.75 Å². The van der Waals surface area contributed by atoms with Gasteiger partial charge in [0, 0.05) is 42.5 Å². The highest BCUT2D eigenvalue weighted by atomic mass is 35.5. The van der Waals surface area contributed by atoms with Crippen LogP contribution < -0.4 is 15.0 Å². The van der Waals surface area contributed by atoms with E-state index in [4.69, 9.17) is 16.3 Å². The number of hydrogen-bond acceptors (Lipinski definition) is 5. The number of nitrogens with one attached hydrogen (secondary N) is 1. The van der Waals surface area contributed by atoms with Gasteiger partial charge in [0.15, 0.2) is 0 Å². The van der Waals surface area contributed by atoms with E-state index in [1.807, 2.05) is 43.3 Å². The molecule has 0 radical (unpaired) electrons. The molecular formula is C25H26ClN3O4S. The molecule has 1 aliphatic rings. The van der Waals surface area contributed by atoms with E-state index in [0.717, 1.165) is 11.3 Å². The molecule has 0 aliphatic carbocycles. The highest BCUT2D eigenvalue weighted by Gasteiger charge is 2.29. The minimum Gasteiger partial charge on any atom is -0.495 e. The minimum absolute atomic E-state index is 0.101. The lowest BCUT2D eigenvalue weighted by molar-refractivity contribution is 0.102. The molecule has 0 aromatic heterocycles. The monoisotopic (exact) mass is 499 g/mol. The number of anilines is 2. The highest BCUT2D eigenvalue weighted by Crippen LogP contribution is 2.30. The van der Waals surface area contributed by atoms with Gasteiger partial charge >= 0.3 is 0 Å². The summed E-state index contributed by atoms with van der Waals surface area (Å²) in [7, 11) is -2.28. The summed E-state index contributed by atoms with van der Waals surface area (Å²) in [6.07, 6.45) is 0. The Bertz CT molecular complexity index is 1290. The van der Waals surface area contributed by atoms with Gasteiger partial charge in [-0.1, -0.05) is 35.4 Å². The molecule has 0 atom stereocenters. The van der Waals surface area contributed by atoms with Gasteiger partial charge in [0.2, 0.25) is 10.0 Å². The van der Waals surface area contributed by atoms with Crippen molar-refractivity contribution in [3.05, 3.63) is 82.9 Å². The Hall–Kier alpha value is -3.07. The largest absolute Gasteiger partial charge is 0.495 e. The van der Waals surface area contributed by atoms with Crippen LogP contribution in [-0.4, -0.2) is 51.9 Å². The topological polar surface area (TPSA) is 79.0 Å². The third-order valence-electron chi connectivity index (χ3n) is 5.78. The van der Waals surface area contributed by atoms with Gasteiger partial charge < -0.3 is 15.0 Å². The van der Waals surface area contributed by atoms with Crippen molar-refractivity contribution in [3.63, 3.8) is 0 Å². The van der Waals surface area contributed by atoms with Gasteiger partial charge in [0.25, 0.3) is 5.91 Å². The summed E-state index contributed by atoms with van der Waals surface area (Å²) in [5.41, 5.74) is 2.78. The van der Waals surface area contributed by atoms with Crippen LogP contribution in [0, 0.1) is 6.92 Å². The smallest absolute Gasteiger partial charge is 0.255 e. The number of halogens is 1. The fourth-order valence-electron chi connectivity index (χ4n) is 3.85. The van der Waals surface area contributed by atoms with Crippen molar-refractivity contribution < 1.29 is 17.9 Å².